The van der Waals surface area contributed by atoms with Gasteiger partial charge in [-0.3, -0.25) is 29.0 Å². The first-order chi connectivity index (χ1) is 18.9. The minimum Gasteiger partial charge on any atom is -0.433 e. The highest BCUT2D eigenvalue weighted by molar-refractivity contribution is 5.99. The molecule has 3 aliphatic heterocycles. The van der Waals surface area contributed by atoms with Crippen LogP contribution in [0.25, 0.3) is 0 Å². The van der Waals surface area contributed by atoms with E-state index in [1.165, 1.54) is 10.0 Å². The molecule has 204 valence electrons. The first-order valence-corrected chi connectivity index (χ1v) is 13.1. The number of carbonyl (C=O) groups is 5. The summed E-state index contributed by atoms with van der Waals surface area (Å²) < 4.78 is 11.1. The maximum Gasteiger partial charge on any atom is 0.310 e. The molecule has 0 aliphatic carbocycles. The van der Waals surface area contributed by atoms with Gasteiger partial charge < -0.3 is 20.1 Å². The second kappa shape index (κ2) is 11.6. The van der Waals surface area contributed by atoms with E-state index in [9.17, 15) is 24.0 Å². The summed E-state index contributed by atoms with van der Waals surface area (Å²) in [6, 6.07) is 15.1. The lowest BCUT2D eigenvalue weighted by Crippen LogP contribution is -2.64. The molecule has 2 aromatic rings. The van der Waals surface area contributed by atoms with Crippen LogP contribution in [-0.2, 0) is 35.3 Å². The van der Waals surface area contributed by atoms with E-state index in [-0.39, 0.29) is 31.8 Å². The van der Waals surface area contributed by atoms with Gasteiger partial charge in [0.05, 0.1) is 13.0 Å². The van der Waals surface area contributed by atoms with Crippen LogP contribution in [-0.4, -0.2) is 70.6 Å². The van der Waals surface area contributed by atoms with E-state index in [2.05, 4.69) is 10.6 Å². The van der Waals surface area contributed by atoms with E-state index >= 15 is 0 Å². The molecular formula is C28H30N4O7. The minimum absolute atomic E-state index is 0.0523. The van der Waals surface area contributed by atoms with E-state index in [4.69, 9.17) is 9.47 Å². The molecule has 0 saturated carbocycles. The number of ether oxygens (including phenoxy) is 2. The van der Waals surface area contributed by atoms with Crippen LogP contribution in [0.3, 0.4) is 0 Å². The molecule has 3 aliphatic rings. The van der Waals surface area contributed by atoms with Crippen molar-refractivity contribution < 1.29 is 33.4 Å². The van der Waals surface area contributed by atoms with Crippen molar-refractivity contribution in [2.24, 2.45) is 0 Å². The highest BCUT2D eigenvalue weighted by atomic mass is 16.7. The molecule has 3 fully saturated rings. The van der Waals surface area contributed by atoms with Gasteiger partial charge in [0, 0.05) is 18.5 Å². The van der Waals surface area contributed by atoms with Crippen molar-refractivity contribution in [2.45, 2.75) is 63.1 Å². The summed E-state index contributed by atoms with van der Waals surface area (Å²) in [5, 5.41) is 8.03. The number of fused-ring (bicyclic) bond motifs is 1. The zero-order chi connectivity index (χ0) is 27.4. The number of amides is 4. The Hall–Kier alpha value is -4.25. The van der Waals surface area contributed by atoms with Crippen molar-refractivity contribution in [1.29, 1.82) is 0 Å². The molecule has 3 saturated heterocycles. The minimum atomic E-state index is -0.991. The monoisotopic (exact) mass is 534 g/mol. The number of carbonyl (C=O) groups excluding carboxylic acids is 5. The summed E-state index contributed by atoms with van der Waals surface area (Å²) in [5.74, 6) is -2.28. The predicted molar refractivity (Wildman–Crippen MR) is 136 cm³/mol. The van der Waals surface area contributed by atoms with E-state index in [1.54, 1.807) is 30.3 Å². The SMILES string of the molecule is O=C1CC(NC(=O)C2CCCN3C(=O)CCC(NC(=O)c4ccccc4)C(=O)N23)C(OCc2ccccc2)O1. The topological polar surface area (TPSA) is 134 Å². The Kier molecular flexibility index (Phi) is 7.87. The first kappa shape index (κ1) is 26.4. The van der Waals surface area contributed by atoms with Gasteiger partial charge in [-0.15, -0.1) is 0 Å². The van der Waals surface area contributed by atoms with Crippen molar-refractivity contribution in [3.63, 3.8) is 0 Å². The smallest absolute Gasteiger partial charge is 0.310 e. The van der Waals surface area contributed by atoms with Crippen LogP contribution in [0.1, 0.15) is 48.0 Å². The lowest BCUT2D eigenvalue weighted by molar-refractivity contribution is -0.177. The van der Waals surface area contributed by atoms with E-state index < -0.39 is 48.1 Å². The van der Waals surface area contributed by atoms with E-state index in [1.807, 2.05) is 30.3 Å². The molecule has 0 spiro atoms. The molecular weight excluding hydrogens is 504 g/mol. The number of hydrazine groups is 1. The Labute approximate surface area is 225 Å². The second-order valence-electron chi connectivity index (χ2n) is 9.76. The van der Waals surface area contributed by atoms with Crippen LogP contribution in [0, 0.1) is 0 Å². The average molecular weight is 535 g/mol. The van der Waals surface area contributed by atoms with Crippen LogP contribution in [0.4, 0.5) is 0 Å². The van der Waals surface area contributed by atoms with Gasteiger partial charge in [0.15, 0.2) is 0 Å². The fourth-order valence-corrected chi connectivity index (χ4v) is 5.07. The van der Waals surface area contributed by atoms with Crippen LogP contribution < -0.4 is 10.6 Å². The lowest BCUT2D eigenvalue weighted by atomic mass is 10.0. The predicted octanol–water partition coefficient (Wildman–Crippen LogP) is 1.29. The molecule has 11 nitrogen and oxygen atoms in total. The summed E-state index contributed by atoms with van der Waals surface area (Å²) >= 11 is 0. The van der Waals surface area contributed by atoms with Gasteiger partial charge in [0.25, 0.3) is 11.8 Å². The van der Waals surface area contributed by atoms with Crippen molar-refractivity contribution in [3.8, 4) is 0 Å². The number of esters is 1. The molecule has 0 bridgehead atoms. The van der Waals surface area contributed by atoms with Crippen LogP contribution >= 0.6 is 0 Å². The Bertz CT molecular complexity index is 1240. The highest BCUT2D eigenvalue weighted by Gasteiger charge is 2.46. The number of rotatable bonds is 7. The summed E-state index contributed by atoms with van der Waals surface area (Å²) in [6.07, 6.45) is -0.0555. The molecule has 0 aromatic heterocycles. The number of nitrogens with zero attached hydrogens (tertiary/aromatic N) is 2. The van der Waals surface area contributed by atoms with Crippen molar-refractivity contribution in [1.82, 2.24) is 20.7 Å². The quantitative estimate of drug-likeness (QED) is 0.511. The van der Waals surface area contributed by atoms with Gasteiger partial charge in [-0.25, -0.2) is 5.01 Å². The third-order valence-corrected chi connectivity index (χ3v) is 7.05. The maximum absolute atomic E-state index is 13.7. The number of hydrogen-bond donors (Lipinski definition) is 2. The Balaban J connectivity index is 1.29. The number of benzene rings is 2. The molecule has 2 aromatic carbocycles. The standard InChI is InChI=1S/C28H30N4O7/c33-23-14-13-20(29-25(35)19-10-5-2-6-11-19)27(37)32-22(12-7-15-31(23)32)26(36)30-21-16-24(34)39-28(21)38-17-18-8-3-1-4-9-18/h1-6,8-11,20-22,28H,7,12-17H2,(H,29,35)(H,30,36). The van der Waals surface area contributed by atoms with E-state index in [0.29, 0.717) is 24.9 Å². The Morgan fingerprint density at radius 2 is 1.67 bits per heavy atom. The third kappa shape index (κ3) is 5.93. The van der Waals surface area contributed by atoms with Crippen molar-refractivity contribution >= 4 is 29.6 Å². The largest absolute Gasteiger partial charge is 0.433 e. The molecule has 2 N–H and O–H groups in total. The van der Waals surface area contributed by atoms with Gasteiger partial charge in [0.1, 0.15) is 18.1 Å². The summed E-state index contributed by atoms with van der Waals surface area (Å²) in [6.45, 7) is 0.478. The second-order valence-corrected chi connectivity index (χ2v) is 9.76. The Morgan fingerprint density at radius 3 is 2.41 bits per heavy atom. The lowest BCUT2D eigenvalue weighted by Gasteiger charge is -2.43. The van der Waals surface area contributed by atoms with Crippen LogP contribution in [0.5, 0.6) is 0 Å². The van der Waals surface area contributed by atoms with Gasteiger partial charge in [-0.05, 0) is 37.0 Å². The van der Waals surface area contributed by atoms with Crippen molar-refractivity contribution in [3.05, 3.63) is 71.8 Å². The van der Waals surface area contributed by atoms with Crippen LogP contribution in [0.15, 0.2) is 60.7 Å². The zero-order valence-electron chi connectivity index (χ0n) is 21.3. The third-order valence-electron chi connectivity index (χ3n) is 7.05. The normalized spacial score (nSPS) is 25.0. The fraction of sp³-hybridized carbons (Fsp3) is 0.393. The highest BCUT2D eigenvalue weighted by Crippen LogP contribution is 2.26. The summed E-state index contributed by atoms with van der Waals surface area (Å²) in [7, 11) is 0. The molecule has 0 radical (unpaired) electrons. The average Bonchev–Trinajstić information content (AvgIpc) is 3.26. The molecule has 39 heavy (non-hydrogen) atoms. The summed E-state index contributed by atoms with van der Waals surface area (Å²) in [4.78, 5) is 64.9. The fourth-order valence-electron chi connectivity index (χ4n) is 5.07. The Morgan fingerprint density at radius 1 is 0.949 bits per heavy atom. The number of nitrogens with one attached hydrogen (secondary N) is 2. The molecule has 4 atom stereocenters. The zero-order valence-corrected chi connectivity index (χ0v) is 21.3. The first-order valence-electron chi connectivity index (χ1n) is 13.1. The van der Waals surface area contributed by atoms with Gasteiger partial charge >= 0.3 is 5.97 Å². The van der Waals surface area contributed by atoms with Gasteiger partial charge in [-0.2, -0.15) is 0 Å². The molecule has 4 unspecified atom stereocenters. The van der Waals surface area contributed by atoms with Crippen molar-refractivity contribution in [2.75, 3.05) is 6.54 Å². The van der Waals surface area contributed by atoms with Gasteiger partial charge in [-0.1, -0.05) is 48.5 Å². The molecule has 4 amide bonds. The maximum atomic E-state index is 13.7. The van der Waals surface area contributed by atoms with Crippen LogP contribution in [0.2, 0.25) is 0 Å². The molecule has 5 rings (SSSR count). The van der Waals surface area contributed by atoms with Gasteiger partial charge in [0.2, 0.25) is 18.1 Å². The summed E-state index contributed by atoms with van der Waals surface area (Å²) in [5.41, 5.74) is 1.27. The number of cyclic esters (lactones) is 1. The van der Waals surface area contributed by atoms with E-state index in [0.717, 1.165) is 5.56 Å². The molecule has 3 heterocycles. The number of hydrogen-bond acceptors (Lipinski definition) is 7. The molecule has 11 heteroatoms.